The highest BCUT2D eigenvalue weighted by Crippen LogP contribution is 2.43. The standard InChI is InChI=1S/C24H18O5/c25-15-5-8-18-21(11-15)29-22-12-16(26)6-9-19(22)23(18)17-7-4-14(13-2-1-3-13)10-20(17)24(27)28/h4-13,25H,1-3H2,(H,27,28). The maximum absolute atomic E-state index is 12.1. The van der Waals surface area contributed by atoms with Crippen molar-refractivity contribution in [3.63, 3.8) is 0 Å². The van der Waals surface area contributed by atoms with Crippen LogP contribution in [0.4, 0.5) is 0 Å². The zero-order valence-electron chi connectivity index (χ0n) is 15.5. The fraction of sp³-hybridized carbons (Fsp3) is 0.167. The van der Waals surface area contributed by atoms with Gasteiger partial charge in [0.05, 0.1) is 5.56 Å². The van der Waals surface area contributed by atoms with Crippen molar-refractivity contribution in [3.05, 3.63) is 75.9 Å². The Labute approximate surface area is 166 Å². The molecule has 5 rings (SSSR count). The number of fused-ring (bicyclic) bond motifs is 2. The van der Waals surface area contributed by atoms with Crippen LogP contribution in [0.3, 0.4) is 0 Å². The molecule has 1 saturated carbocycles. The first-order chi connectivity index (χ1) is 14.0. The van der Waals surface area contributed by atoms with E-state index in [-0.39, 0.29) is 16.7 Å². The van der Waals surface area contributed by atoms with Crippen LogP contribution in [-0.2, 0) is 0 Å². The predicted molar refractivity (Wildman–Crippen MR) is 110 cm³/mol. The lowest BCUT2D eigenvalue weighted by Crippen LogP contribution is -2.11. The van der Waals surface area contributed by atoms with Crippen molar-refractivity contribution in [2.24, 2.45) is 0 Å². The lowest BCUT2D eigenvalue weighted by atomic mass is 9.78. The van der Waals surface area contributed by atoms with Crippen molar-refractivity contribution in [2.75, 3.05) is 0 Å². The van der Waals surface area contributed by atoms with E-state index >= 15 is 0 Å². The first kappa shape index (κ1) is 17.5. The second kappa shape index (κ2) is 6.48. The summed E-state index contributed by atoms with van der Waals surface area (Å²) in [4.78, 5) is 24.0. The number of aromatic hydroxyl groups is 1. The van der Waals surface area contributed by atoms with Crippen molar-refractivity contribution in [2.45, 2.75) is 25.2 Å². The van der Waals surface area contributed by atoms with Crippen LogP contribution in [0.1, 0.15) is 41.1 Å². The highest BCUT2D eigenvalue weighted by Gasteiger charge is 2.25. The van der Waals surface area contributed by atoms with Crippen molar-refractivity contribution >= 4 is 16.9 Å². The molecule has 2 N–H and O–H groups in total. The molecule has 29 heavy (non-hydrogen) atoms. The molecule has 0 saturated heterocycles. The summed E-state index contributed by atoms with van der Waals surface area (Å²) >= 11 is 0. The minimum atomic E-state index is -0.998. The Morgan fingerprint density at radius 2 is 1.76 bits per heavy atom. The molecule has 2 aromatic carbocycles. The maximum atomic E-state index is 12.1. The Bertz CT molecular complexity index is 1300. The maximum Gasteiger partial charge on any atom is 0.336 e. The molecule has 1 heterocycles. The van der Waals surface area contributed by atoms with Crippen LogP contribution in [0, 0.1) is 0 Å². The summed E-state index contributed by atoms with van der Waals surface area (Å²) in [7, 11) is 0. The number of benzene rings is 3. The van der Waals surface area contributed by atoms with Crippen LogP contribution >= 0.6 is 0 Å². The van der Waals surface area contributed by atoms with Gasteiger partial charge in [-0.3, -0.25) is 4.79 Å². The summed E-state index contributed by atoms with van der Waals surface area (Å²) in [5.74, 6) is -0.197. The largest absolute Gasteiger partial charge is 0.508 e. The smallest absolute Gasteiger partial charge is 0.336 e. The van der Waals surface area contributed by atoms with Gasteiger partial charge in [0.2, 0.25) is 0 Å². The van der Waals surface area contributed by atoms with E-state index in [1.807, 2.05) is 12.1 Å². The Morgan fingerprint density at radius 3 is 2.48 bits per heavy atom. The summed E-state index contributed by atoms with van der Waals surface area (Å²) in [6.07, 6.45) is 3.34. The quantitative estimate of drug-likeness (QED) is 0.470. The molecule has 0 amide bonds. The van der Waals surface area contributed by atoms with Crippen LogP contribution in [0.5, 0.6) is 5.75 Å². The molecule has 2 aromatic rings. The zero-order valence-corrected chi connectivity index (χ0v) is 15.5. The van der Waals surface area contributed by atoms with Crippen molar-refractivity contribution in [1.29, 1.82) is 0 Å². The molecular weight excluding hydrogens is 368 g/mol. The van der Waals surface area contributed by atoms with E-state index in [2.05, 4.69) is 0 Å². The monoisotopic (exact) mass is 386 g/mol. The van der Waals surface area contributed by atoms with Gasteiger partial charge in [0.1, 0.15) is 17.1 Å². The molecule has 3 aliphatic rings. The number of phenols is 1. The van der Waals surface area contributed by atoms with Crippen LogP contribution < -0.4 is 5.43 Å². The highest BCUT2D eigenvalue weighted by molar-refractivity contribution is 6.07. The van der Waals surface area contributed by atoms with Gasteiger partial charge < -0.3 is 14.6 Å². The second-order valence-electron chi connectivity index (χ2n) is 7.55. The first-order valence-corrected chi connectivity index (χ1v) is 9.58. The molecule has 0 bridgehead atoms. The van der Waals surface area contributed by atoms with Crippen molar-refractivity contribution < 1.29 is 19.4 Å². The number of carboxylic acid groups (broad SMARTS) is 1. The molecule has 1 aliphatic heterocycles. The zero-order chi connectivity index (χ0) is 20.1. The van der Waals surface area contributed by atoms with Gasteiger partial charge in [0.25, 0.3) is 0 Å². The fourth-order valence-electron chi connectivity index (χ4n) is 4.10. The number of aromatic carboxylic acids is 1. The van der Waals surface area contributed by atoms with Crippen molar-refractivity contribution in [1.82, 2.24) is 0 Å². The van der Waals surface area contributed by atoms with Gasteiger partial charge in [0.15, 0.2) is 5.43 Å². The van der Waals surface area contributed by atoms with Gasteiger partial charge in [0, 0.05) is 28.6 Å². The average Bonchev–Trinajstić information content (AvgIpc) is 2.64. The van der Waals surface area contributed by atoms with Gasteiger partial charge in [-0.2, -0.15) is 0 Å². The van der Waals surface area contributed by atoms with Gasteiger partial charge >= 0.3 is 5.97 Å². The molecular formula is C24H18O5. The number of hydrogen-bond donors (Lipinski definition) is 2. The number of phenolic OH excluding ortho intramolecular Hbond substituents is 1. The van der Waals surface area contributed by atoms with E-state index in [1.165, 1.54) is 24.6 Å². The van der Waals surface area contributed by atoms with Gasteiger partial charge in [-0.1, -0.05) is 18.6 Å². The van der Waals surface area contributed by atoms with E-state index in [0.717, 1.165) is 18.4 Å². The van der Waals surface area contributed by atoms with E-state index < -0.39 is 5.97 Å². The normalized spacial score (nSPS) is 14.2. The Kier molecular flexibility index (Phi) is 3.91. The van der Waals surface area contributed by atoms with E-state index in [1.54, 1.807) is 24.3 Å². The summed E-state index contributed by atoms with van der Waals surface area (Å²) in [6, 6.07) is 14.8. The number of carboxylic acids is 1. The number of rotatable bonds is 3. The third-order valence-electron chi connectivity index (χ3n) is 5.80. The van der Waals surface area contributed by atoms with E-state index in [0.29, 0.717) is 39.3 Å². The third kappa shape index (κ3) is 2.86. The Balaban J connectivity index is 1.86. The van der Waals surface area contributed by atoms with E-state index in [9.17, 15) is 19.8 Å². The predicted octanol–water partition coefficient (Wildman–Crippen LogP) is 5.24. The lowest BCUT2D eigenvalue weighted by Gasteiger charge is -2.26. The number of carbonyl (C=O) groups is 1. The molecule has 0 atom stereocenters. The molecule has 2 aliphatic carbocycles. The summed E-state index contributed by atoms with van der Waals surface area (Å²) < 4.78 is 5.85. The third-order valence-corrected chi connectivity index (χ3v) is 5.80. The average molecular weight is 386 g/mol. The van der Waals surface area contributed by atoms with Crippen LogP contribution in [0.15, 0.2) is 63.8 Å². The van der Waals surface area contributed by atoms with Gasteiger partial charge in [-0.05, 0) is 60.2 Å². The molecule has 0 unspecified atom stereocenters. The second-order valence-corrected chi connectivity index (χ2v) is 7.55. The fourth-order valence-corrected chi connectivity index (χ4v) is 4.10. The van der Waals surface area contributed by atoms with Crippen LogP contribution in [-0.4, -0.2) is 16.2 Å². The first-order valence-electron chi connectivity index (χ1n) is 9.58. The Hall–Kier alpha value is -3.60. The summed E-state index contributed by atoms with van der Waals surface area (Å²) in [5.41, 5.74) is 3.35. The van der Waals surface area contributed by atoms with Crippen LogP contribution in [0.25, 0.3) is 33.4 Å². The minimum Gasteiger partial charge on any atom is -0.508 e. The highest BCUT2D eigenvalue weighted by atomic mass is 16.4. The number of hydrogen-bond acceptors (Lipinski definition) is 4. The summed E-state index contributed by atoms with van der Waals surface area (Å²) in [6.45, 7) is 0. The lowest BCUT2D eigenvalue weighted by molar-refractivity contribution is 0.0697. The van der Waals surface area contributed by atoms with E-state index in [4.69, 9.17) is 4.42 Å². The molecule has 144 valence electrons. The molecule has 0 spiro atoms. The molecule has 5 nitrogen and oxygen atoms in total. The Morgan fingerprint density at radius 1 is 0.966 bits per heavy atom. The SMILES string of the molecule is O=C(O)c1cc(C2CCC2)ccc1-c1c2ccc(=O)cc-2oc2cc(O)ccc12. The molecule has 5 heteroatoms. The molecule has 0 radical (unpaired) electrons. The van der Waals surface area contributed by atoms with Gasteiger partial charge in [-0.15, -0.1) is 0 Å². The molecule has 0 aromatic heterocycles. The minimum absolute atomic E-state index is 0.0311. The summed E-state index contributed by atoms with van der Waals surface area (Å²) in [5, 5.41) is 20.5. The van der Waals surface area contributed by atoms with Gasteiger partial charge in [-0.25, -0.2) is 4.79 Å². The van der Waals surface area contributed by atoms with Crippen molar-refractivity contribution in [3.8, 4) is 28.2 Å². The van der Waals surface area contributed by atoms with Crippen LogP contribution in [0.2, 0.25) is 0 Å². The topological polar surface area (TPSA) is 87.7 Å². The molecule has 1 fully saturated rings.